The molecule has 20 heavy (non-hydrogen) atoms. The molecule has 2 aromatic rings. The van der Waals surface area contributed by atoms with Gasteiger partial charge in [0.15, 0.2) is 0 Å². The van der Waals surface area contributed by atoms with Gasteiger partial charge in [-0.1, -0.05) is 49.4 Å². The van der Waals surface area contributed by atoms with E-state index in [9.17, 15) is 0 Å². The first kappa shape index (κ1) is 14.6. The Morgan fingerprint density at radius 3 is 2.15 bits per heavy atom. The van der Waals surface area contributed by atoms with Crippen LogP contribution in [0.25, 0.3) is 0 Å². The highest BCUT2D eigenvalue weighted by Crippen LogP contribution is 2.30. The van der Waals surface area contributed by atoms with Crippen molar-refractivity contribution < 1.29 is 9.47 Å². The standard InChI is InChI=1S/C18H22O2/c1-4-18(2,16-8-6-5-7-9-16)20-14-15-10-12-17(19-3)13-11-15/h5-13H,4,14H2,1-3H3/t18-/m1/s1. The van der Waals surface area contributed by atoms with Gasteiger partial charge in [0.1, 0.15) is 5.75 Å². The first-order valence-corrected chi connectivity index (χ1v) is 7.00. The van der Waals surface area contributed by atoms with Gasteiger partial charge in [0.25, 0.3) is 0 Å². The van der Waals surface area contributed by atoms with Crippen LogP contribution in [0.5, 0.6) is 5.75 Å². The van der Waals surface area contributed by atoms with Crippen LogP contribution >= 0.6 is 0 Å². The van der Waals surface area contributed by atoms with E-state index in [-0.39, 0.29) is 5.60 Å². The summed E-state index contributed by atoms with van der Waals surface area (Å²) < 4.78 is 11.3. The minimum absolute atomic E-state index is 0.249. The SMILES string of the molecule is CC[C@@](C)(OCc1ccc(OC)cc1)c1ccccc1. The first-order chi connectivity index (χ1) is 9.68. The molecular formula is C18H22O2. The average molecular weight is 270 g/mol. The van der Waals surface area contributed by atoms with E-state index in [1.165, 1.54) is 5.56 Å². The molecule has 1 atom stereocenters. The van der Waals surface area contributed by atoms with Gasteiger partial charge >= 0.3 is 0 Å². The Bertz CT molecular complexity index is 519. The molecule has 0 amide bonds. The number of methoxy groups -OCH3 is 1. The summed E-state index contributed by atoms with van der Waals surface area (Å²) in [5.41, 5.74) is 2.12. The largest absolute Gasteiger partial charge is 0.497 e. The van der Waals surface area contributed by atoms with Gasteiger partial charge in [-0.2, -0.15) is 0 Å². The zero-order chi connectivity index (χ0) is 14.4. The van der Waals surface area contributed by atoms with Gasteiger partial charge in [-0.05, 0) is 36.6 Å². The molecule has 0 aliphatic carbocycles. The lowest BCUT2D eigenvalue weighted by Crippen LogP contribution is -2.24. The number of rotatable bonds is 6. The Labute approximate surface area is 121 Å². The monoisotopic (exact) mass is 270 g/mol. The maximum Gasteiger partial charge on any atom is 0.118 e. The molecule has 0 aromatic heterocycles. The van der Waals surface area contributed by atoms with Crippen molar-refractivity contribution in [2.24, 2.45) is 0 Å². The second-order valence-electron chi connectivity index (χ2n) is 5.09. The third-order valence-electron chi connectivity index (χ3n) is 3.78. The molecule has 0 aliphatic heterocycles. The molecule has 0 aliphatic rings. The fourth-order valence-corrected chi connectivity index (χ4v) is 2.14. The minimum atomic E-state index is -0.249. The van der Waals surface area contributed by atoms with Crippen molar-refractivity contribution in [1.29, 1.82) is 0 Å². The molecule has 0 spiro atoms. The average Bonchev–Trinajstić information content (AvgIpc) is 2.54. The van der Waals surface area contributed by atoms with Crippen LogP contribution in [0.15, 0.2) is 54.6 Å². The predicted molar refractivity (Wildman–Crippen MR) is 81.9 cm³/mol. The lowest BCUT2D eigenvalue weighted by molar-refractivity contribution is -0.0509. The Kier molecular flexibility index (Phi) is 4.80. The van der Waals surface area contributed by atoms with Gasteiger partial charge in [0.2, 0.25) is 0 Å². The van der Waals surface area contributed by atoms with Gasteiger partial charge in [0, 0.05) is 0 Å². The molecule has 0 bridgehead atoms. The van der Waals surface area contributed by atoms with Crippen LogP contribution in [-0.4, -0.2) is 7.11 Å². The maximum absolute atomic E-state index is 6.18. The van der Waals surface area contributed by atoms with E-state index in [2.05, 4.69) is 38.1 Å². The fraction of sp³-hybridized carbons (Fsp3) is 0.333. The van der Waals surface area contributed by atoms with Gasteiger partial charge in [-0.15, -0.1) is 0 Å². The minimum Gasteiger partial charge on any atom is -0.497 e. The second-order valence-corrected chi connectivity index (χ2v) is 5.09. The molecule has 0 heterocycles. The summed E-state index contributed by atoms with van der Waals surface area (Å²) in [6, 6.07) is 18.4. The van der Waals surface area contributed by atoms with E-state index in [0.717, 1.165) is 17.7 Å². The van der Waals surface area contributed by atoms with E-state index < -0.39 is 0 Å². The van der Waals surface area contributed by atoms with E-state index in [0.29, 0.717) is 6.61 Å². The summed E-state index contributed by atoms with van der Waals surface area (Å²) in [5, 5.41) is 0. The lowest BCUT2D eigenvalue weighted by atomic mass is 9.93. The highest BCUT2D eigenvalue weighted by molar-refractivity contribution is 5.27. The summed E-state index contributed by atoms with van der Waals surface area (Å²) in [7, 11) is 1.68. The molecule has 0 unspecified atom stereocenters. The van der Waals surface area contributed by atoms with Crippen LogP contribution in [0.4, 0.5) is 0 Å². The Morgan fingerprint density at radius 2 is 1.60 bits per heavy atom. The fourth-order valence-electron chi connectivity index (χ4n) is 2.14. The van der Waals surface area contributed by atoms with Crippen LogP contribution in [0.1, 0.15) is 31.4 Å². The van der Waals surface area contributed by atoms with E-state index >= 15 is 0 Å². The summed E-state index contributed by atoms with van der Waals surface area (Å²) in [6.45, 7) is 4.90. The molecule has 2 heteroatoms. The van der Waals surface area contributed by atoms with Crippen molar-refractivity contribution in [1.82, 2.24) is 0 Å². The van der Waals surface area contributed by atoms with Crippen LogP contribution in [-0.2, 0) is 16.9 Å². The molecule has 0 fully saturated rings. The molecule has 2 rings (SSSR count). The van der Waals surface area contributed by atoms with Crippen molar-refractivity contribution >= 4 is 0 Å². The van der Waals surface area contributed by atoms with Crippen molar-refractivity contribution in [3.8, 4) is 5.75 Å². The molecular weight excluding hydrogens is 248 g/mol. The molecule has 0 radical (unpaired) electrons. The maximum atomic E-state index is 6.18. The quantitative estimate of drug-likeness (QED) is 0.767. The normalized spacial score (nSPS) is 13.8. The summed E-state index contributed by atoms with van der Waals surface area (Å²) in [4.78, 5) is 0. The Balaban J connectivity index is 2.06. The van der Waals surface area contributed by atoms with Gasteiger partial charge in [-0.25, -0.2) is 0 Å². The van der Waals surface area contributed by atoms with Gasteiger partial charge in [0.05, 0.1) is 19.3 Å². The summed E-state index contributed by atoms with van der Waals surface area (Å²) in [6.07, 6.45) is 0.938. The predicted octanol–water partition coefficient (Wildman–Crippen LogP) is 4.54. The number of ether oxygens (including phenoxy) is 2. The van der Waals surface area contributed by atoms with Crippen LogP contribution in [0.2, 0.25) is 0 Å². The van der Waals surface area contributed by atoms with Crippen LogP contribution in [0, 0.1) is 0 Å². The van der Waals surface area contributed by atoms with E-state index in [1.807, 2.05) is 30.3 Å². The molecule has 0 N–H and O–H groups in total. The van der Waals surface area contributed by atoms with E-state index in [1.54, 1.807) is 7.11 Å². The highest BCUT2D eigenvalue weighted by atomic mass is 16.5. The highest BCUT2D eigenvalue weighted by Gasteiger charge is 2.24. The Morgan fingerprint density at radius 1 is 0.950 bits per heavy atom. The first-order valence-electron chi connectivity index (χ1n) is 7.00. The second kappa shape index (κ2) is 6.58. The lowest BCUT2D eigenvalue weighted by Gasteiger charge is -2.29. The number of hydrogen-bond donors (Lipinski definition) is 0. The smallest absolute Gasteiger partial charge is 0.118 e. The van der Waals surface area contributed by atoms with Gasteiger partial charge in [-0.3, -0.25) is 0 Å². The summed E-state index contributed by atoms with van der Waals surface area (Å²) in [5.74, 6) is 0.870. The number of hydrogen-bond acceptors (Lipinski definition) is 2. The third-order valence-corrected chi connectivity index (χ3v) is 3.78. The van der Waals surface area contributed by atoms with Crippen molar-refractivity contribution in [3.05, 3.63) is 65.7 Å². The van der Waals surface area contributed by atoms with Crippen molar-refractivity contribution in [2.75, 3.05) is 7.11 Å². The van der Waals surface area contributed by atoms with Crippen molar-refractivity contribution in [2.45, 2.75) is 32.5 Å². The number of benzene rings is 2. The van der Waals surface area contributed by atoms with Crippen LogP contribution < -0.4 is 4.74 Å². The third kappa shape index (κ3) is 3.40. The zero-order valence-electron chi connectivity index (χ0n) is 12.4. The molecule has 0 saturated carbocycles. The van der Waals surface area contributed by atoms with Crippen molar-refractivity contribution in [3.63, 3.8) is 0 Å². The van der Waals surface area contributed by atoms with E-state index in [4.69, 9.17) is 9.47 Å². The van der Waals surface area contributed by atoms with Crippen LogP contribution in [0.3, 0.4) is 0 Å². The van der Waals surface area contributed by atoms with Gasteiger partial charge < -0.3 is 9.47 Å². The zero-order valence-corrected chi connectivity index (χ0v) is 12.4. The summed E-state index contributed by atoms with van der Waals surface area (Å²) >= 11 is 0. The molecule has 2 nitrogen and oxygen atoms in total. The molecule has 0 saturated heterocycles. The molecule has 106 valence electrons. The Hall–Kier alpha value is -1.80. The molecule has 2 aromatic carbocycles. The topological polar surface area (TPSA) is 18.5 Å².